The van der Waals surface area contributed by atoms with Gasteiger partial charge in [-0.2, -0.15) is 0 Å². The Balaban J connectivity index is 2.08. The fraction of sp³-hybridized carbons (Fsp3) is 0.615. The first-order chi connectivity index (χ1) is 8.27. The van der Waals surface area contributed by atoms with Gasteiger partial charge in [-0.1, -0.05) is 0 Å². The van der Waals surface area contributed by atoms with Gasteiger partial charge in [0, 0.05) is 31.9 Å². The van der Waals surface area contributed by atoms with Gasteiger partial charge in [0.05, 0.1) is 0 Å². The molecule has 4 nitrogen and oxygen atoms in total. The number of hydrogen-bond acceptors (Lipinski definition) is 2. The molecule has 1 aliphatic rings. The van der Waals surface area contributed by atoms with Crippen LogP contribution in [0.5, 0.6) is 0 Å². The van der Waals surface area contributed by atoms with Crippen LogP contribution in [0.3, 0.4) is 0 Å². The Bertz CT molecular complexity index is 383. The molecule has 1 aromatic rings. The summed E-state index contributed by atoms with van der Waals surface area (Å²) >= 11 is 0. The molecule has 0 aliphatic heterocycles. The Morgan fingerprint density at radius 2 is 2.35 bits per heavy atom. The highest BCUT2D eigenvalue weighted by atomic mass is 16.3. The molecule has 2 rings (SSSR count). The monoisotopic (exact) mass is 236 g/mol. The zero-order valence-corrected chi connectivity index (χ0v) is 10.3. The average Bonchev–Trinajstić information content (AvgIpc) is 3.07. The third kappa shape index (κ3) is 2.69. The molecule has 1 saturated carbocycles. The number of aliphatic hydroxyl groups is 1. The summed E-state index contributed by atoms with van der Waals surface area (Å²) in [6, 6.07) is 4.36. The lowest BCUT2D eigenvalue weighted by Gasteiger charge is -2.21. The third-order valence-electron chi connectivity index (χ3n) is 3.19. The van der Waals surface area contributed by atoms with E-state index in [-0.39, 0.29) is 12.5 Å². The molecule has 0 aromatic carbocycles. The largest absolute Gasteiger partial charge is 0.396 e. The number of nitrogens with zero attached hydrogens (tertiary/aromatic N) is 2. The van der Waals surface area contributed by atoms with Crippen LogP contribution < -0.4 is 0 Å². The molecule has 1 N–H and O–H groups in total. The van der Waals surface area contributed by atoms with Crippen LogP contribution in [0.1, 0.15) is 42.7 Å². The highest BCUT2D eigenvalue weighted by Gasteiger charge is 2.27. The molecular weight excluding hydrogens is 216 g/mol. The maximum Gasteiger partial charge on any atom is 0.270 e. The number of aromatic nitrogens is 1. The SMILES string of the molecule is CCN(CCCO)C(=O)c1cccn1C1CC1. The van der Waals surface area contributed by atoms with Crippen molar-refractivity contribution in [2.45, 2.75) is 32.2 Å². The zero-order valence-electron chi connectivity index (χ0n) is 10.3. The Morgan fingerprint density at radius 3 is 2.94 bits per heavy atom. The molecule has 0 radical (unpaired) electrons. The Kier molecular flexibility index (Phi) is 3.84. The summed E-state index contributed by atoms with van der Waals surface area (Å²) in [6.45, 7) is 3.42. The first-order valence-corrected chi connectivity index (χ1v) is 6.35. The Morgan fingerprint density at radius 1 is 1.59 bits per heavy atom. The van der Waals surface area contributed by atoms with Crippen LogP contribution in [0.2, 0.25) is 0 Å². The van der Waals surface area contributed by atoms with E-state index in [1.54, 1.807) is 4.90 Å². The predicted molar refractivity (Wildman–Crippen MR) is 66.0 cm³/mol. The van der Waals surface area contributed by atoms with Crippen molar-refractivity contribution in [3.05, 3.63) is 24.0 Å². The fourth-order valence-corrected chi connectivity index (χ4v) is 2.07. The van der Waals surface area contributed by atoms with Gasteiger partial charge in [0.2, 0.25) is 0 Å². The fourth-order valence-electron chi connectivity index (χ4n) is 2.07. The quantitative estimate of drug-likeness (QED) is 0.816. The molecule has 1 fully saturated rings. The van der Waals surface area contributed by atoms with Crippen molar-refractivity contribution in [3.63, 3.8) is 0 Å². The van der Waals surface area contributed by atoms with Crippen LogP contribution in [-0.2, 0) is 0 Å². The van der Waals surface area contributed by atoms with Crippen molar-refractivity contribution in [2.24, 2.45) is 0 Å². The van der Waals surface area contributed by atoms with Crippen molar-refractivity contribution in [2.75, 3.05) is 19.7 Å². The summed E-state index contributed by atoms with van der Waals surface area (Å²) < 4.78 is 2.09. The molecule has 1 aliphatic carbocycles. The Labute approximate surface area is 102 Å². The second-order valence-corrected chi connectivity index (χ2v) is 4.49. The van der Waals surface area contributed by atoms with E-state index in [1.165, 1.54) is 12.8 Å². The van der Waals surface area contributed by atoms with Gasteiger partial charge in [0.25, 0.3) is 5.91 Å². The van der Waals surface area contributed by atoms with E-state index < -0.39 is 0 Å². The van der Waals surface area contributed by atoms with Crippen LogP contribution in [-0.4, -0.2) is 40.2 Å². The molecule has 0 saturated heterocycles. The molecule has 0 spiro atoms. The van der Waals surface area contributed by atoms with E-state index in [0.717, 1.165) is 5.69 Å². The highest BCUT2D eigenvalue weighted by Crippen LogP contribution is 2.36. The average molecular weight is 236 g/mol. The molecule has 0 bridgehead atoms. The van der Waals surface area contributed by atoms with Gasteiger partial charge in [0.1, 0.15) is 5.69 Å². The minimum Gasteiger partial charge on any atom is -0.396 e. The minimum absolute atomic E-state index is 0.0813. The van der Waals surface area contributed by atoms with Gasteiger partial charge < -0.3 is 14.6 Å². The normalized spacial score (nSPS) is 14.9. The summed E-state index contributed by atoms with van der Waals surface area (Å²) in [5.41, 5.74) is 0.785. The van der Waals surface area contributed by atoms with Crippen molar-refractivity contribution in [3.8, 4) is 0 Å². The smallest absolute Gasteiger partial charge is 0.270 e. The first-order valence-electron chi connectivity index (χ1n) is 6.35. The molecule has 1 heterocycles. The number of carbonyl (C=O) groups is 1. The van der Waals surface area contributed by atoms with E-state index in [0.29, 0.717) is 25.6 Å². The van der Waals surface area contributed by atoms with Gasteiger partial charge in [-0.15, -0.1) is 0 Å². The topological polar surface area (TPSA) is 45.5 Å². The van der Waals surface area contributed by atoms with Crippen LogP contribution in [0.4, 0.5) is 0 Å². The summed E-state index contributed by atoms with van der Waals surface area (Å²) in [5.74, 6) is 0.0813. The number of aliphatic hydroxyl groups excluding tert-OH is 1. The molecular formula is C13H20N2O2. The number of hydrogen-bond donors (Lipinski definition) is 1. The standard InChI is InChI=1S/C13H20N2O2/c1-2-14(8-4-10-16)13(17)12-5-3-9-15(12)11-6-7-11/h3,5,9,11,16H,2,4,6-8,10H2,1H3. The summed E-state index contributed by atoms with van der Waals surface area (Å²) in [7, 11) is 0. The van der Waals surface area contributed by atoms with Gasteiger partial charge in [-0.3, -0.25) is 4.79 Å². The lowest BCUT2D eigenvalue weighted by Crippen LogP contribution is -2.33. The van der Waals surface area contributed by atoms with Crippen molar-refractivity contribution < 1.29 is 9.90 Å². The highest BCUT2D eigenvalue weighted by molar-refractivity contribution is 5.92. The lowest BCUT2D eigenvalue weighted by atomic mass is 10.3. The summed E-state index contributed by atoms with van der Waals surface area (Å²) in [6.07, 6.45) is 4.99. The second kappa shape index (κ2) is 5.36. The van der Waals surface area contributed by atoms with E-state index in [2.05, 4.69) is 4.57 Å². The zero-order chi connectivity index (χ0) is 12.3. The lowest BCUT2D eigenvalue weighted by molar-refractivity contribution is 0.0743. The molecule has 0 atom stereocenters. The third-order valence-corrected chi connectivity index (χ3v) is 3.19. The summed E-state index contributed by atoms with van der Waals surface area (Å²) in [4.78, 5) is 14.1. The van der Waals surface area contributed by atoms with Crippen LogP contribution in [0.15, 0.2) is 18.3 Å². The molecule has 1 amide bonds. The molecule has 17 heavy (non-hydrogen) atoms. The van der Waals surface area contributed by atoms with Gasteiger partial charge in [0.15, 0.2) is 0 Å². The molecule has 1 aromatic heterocycles. The van der Waals surface area contributed by atoms with E-state index in [9.17, 15) is 4.79 Å². The number of amides is 1. The number of rotatable bonds is 6. The van der Waals surface area contributed by atoms with Crippen LogP contribution >= 0.6 is 0 Å². The van der Waals surface area contributed by atoms with Gasteiger partial charge in [-0.05, 0) is 38.3 Å². The summed E-state index contributed by atoms with van der Waals surface area (Å²) in [5, 5.41) is 8.83. The van der Waals surface area contributed by atoms with Crippen molar-refractivity contribution >= 4 is 5.91 Å². The minimum atomic E-state index is 0.0813. The maximum atomic E-state index is 12.3. The van der Waals surface area contributed by atoms with Crippen LogP contribution in [0, 0.1) is 0 Å². The van der Waals surface area contributed by atoms with Crippen LogP contribution in [0.25, 0.3) is 0 Å². The molecule has 0 unspecified atom stereocenters. The van der Waals surface area contributed by atoms with Crippen molar-refractivity contribution in [1.29, 1.82) is 0 Å². The van der Waals surface area contributed by atoms with Gasteiger partial charge >= 0.3 is 0 Å². The van der Waals surface area contributed by atoms with E-state index in [1.807, 2.05) is 25.3 Å². The van der Waals surface area contributed by atoms with E-state index in [4.69, 9.17) is 5.11 Å². The second-order valence-electron chi connectivity index (χ2n) is 4.49. The Hall–Kier alpha value is -1.29. The predicted octanol–water partition coefficient (Wildman–Crippen LogP) is 1.67. The van der Waals surface area contributed by atoms with E-state index >= 15 is 0 Å². The maximum absolute atomic E-state index is 12.3. The first kappa shape index (κ1) is 12.2. The number of carbonyl (C=O) groups excluding carboxylic acids is 1. The van der Waals surface area contributed by atoms with Crippen molar-refractivity contribution in [1.82, 2.24) is 9.47 Å². The van der Waals surface area contributed by atoms with Gasteiger partial charge in [-0.25, -0.2) is 0 Å². The molecule has 94 valence electrons. The molecule has 4 heteroatoms.